The van der Waals surface area contributed by atoms with E-state index < -0.39 is 0 Å². The molecule has 2 aromatic rings. The number of rotatable bonds is 3. The lowest BCUT2D eigenvalue weighted by Gasteiger charge is -2.27. The van der Waals surface area contributed by atoms with E-state index in [1.165, 1.54) is 12.8 Å². The highest BCUT2D eigenvalue weighted by atomic mass is 16.2. The van der Waals surface area contributed by atoms with Gasteiger partial charge in [0.25, 0.3) is 11.8 Å². The average Bonchev–Trinajstić information content (AvgIpc) is 3.48. The number of hydrogen-bond donors (Lipinski definition) is 1. The Balaban J connectivity index is 1.27. The van der Waals surface area contributed by atoms with Gasteiger partial charge in [-0.25, -0.2) is 0 Å². The lowest BCUT2D eigenvalue weighted by Crippen LogP contribution is -2.35. The van der Waals surface area contributed by atoms with E-state index in [1.807, 2.05) is 35.4 Å². The normalized spacial score (nSPS) is 23.4. The predicted octanol–water partition coefficient (Wildman–Crippen LogP) is 3.44. The molecule has 1 aliphatic carbocycles. The fourth-order valence-corrected chi connectivity index (χ4v) is 5.89. The monoisotopic (exact) mass is 435 g/mol. The van der Waals surface area contributed by atoms with Crippen LogP contribution in [-0.2, 0) is 13.0 Å². The lowest BCUT2D eigenvalue weighted by molar-refractivity contribution is 0.0767. The maximum Gasteiger partial charge on any atom is 0.289 e. The van der Waals surface area contributed by atoms with Crippen molar-refractivity contribution in [1.29, 1.82) is 0 Å². The molecule has 5 rings (SSSR count). The molecular formula is C25H33N5O2. The minimum atomic E-state index is -0.0929. The number of likely N-dealkylation sites (tertiary alicyclic amines) is 1. The highest BCUT2D eigenvalue weighted by Gasteiger charge is 2.42. The molecule has 1 N–H and O–H groups in total. The van der Waals surface area contributed by atoms with Crippen LogP contribution in [0.15, 0.2) is 18.2 Å². The van der Waals surface area contributed by atoms with Gasteiger partial charge in [0.1, 0.15) is 5.82 Å². The summed E-state index contributed by atoms with van der Waals surface area (Å²) in [5, 5.41) is 11.7. The van der Waals surface area contributed by atoms with Crippen LogP contribution in [0.1, 0.15) is 82.9 Å². The van der Waals surface area contributed by atoms with Gasteiger partial charge in [-0.2, -0.15) is 0 Å². The van der Waals surface area contributed by atoms with Gasteiger partial charge in [-0.1, -0.05) is 30.0 Å². The minimum absolute atomic E-state index is 0.0917. The zero-order valence-corrected chi connectivity index (χ0v) is 19.2. The summed E-state index contributed by atoms with van der Waals surface area (Å²) in [4.78, 5) is 28.0. The van der Waals surface area contributed by atoms with Gasteiger partial charge in [0.2, 0.25) is 5.82 Å². The third-order valence-electron chi connectivity index (χ3n) is 7.66. The first-order chi connectivity index (χ1) is 15.4. The Morgan fingerprint density at radius 2 is 1.72 bits per heavy atom. The van der Waals surface area contributed by atoms with Crippen molar-refractivity contribution in [3.8, 4) is 0 Å². The van der Waals surface area contributed by atoms with E-state index in [0.717, 1.165) is 80.7 Å². The van der Waals surface area contributed by atoms with E-state index in [0.29, 0.717) is 5.82 Å². The van der Waals surface area contributed by atoms with Crippen molar-refractivity contribution in [2.75, 3.05) is 13.1 Å². The quantitative estimate of drug-likeness (QED) is 0.801. The van der Waals surface area contributed by atoms with Gasteiger partial charge in [-0.15, -0.1) is 10.2 Å². The second kappa shape index (κ2) is 8.34. The van der Waals surface area contributed by atoms with Crippen LogP contribution in [0.5, 0.6) is 0 Å². The van der Waals surface area contributed by atoms with Gasteiger partial charge < -0.3 is 14.8 Å². The van der Waals surface area contributed by atoms with Crippen molar-refractivity contribution in [3.63, 3.8) is 0 Å². The zero-order chi connectivity index (χ0) is 22.3. The van der Waals surface area contributed by atoms with Crippen molar-refractivity contribution in [2.24, 2.45) is 5.41 Å². The van der Waals surface area contributed by atoms with E-state index >= 15 is 0 Å². The summed E-state index contributed by atoms with van der Waals surface area (Å²) in [7, 11) is 0. The summed E-state index contributed by atoms with van der Waals surface area (Å²) in [5.41, 5.74) is 3.13. The molecule has 3 aliphatic rings. The summed E-state index contributed by atoms with van der Waals surface area (Å²) < 4.78 is 2.02. The van der Waals surface area contributed by atoms with Crippen LogP contribution in [0.2, 0.25) is 0 Å². The molecule has 2 fully saturated rings. The number of aryl methyl sites for hydroxylation is 3. The van der Waals surface area contributed by atoms with Crippen LogP contribution in [0.3, 0.4) is 0 Å². The smallest absolute Gasteiger partial charge is 0.289 e. The predicted molar refractivity (Wildman–Crippen MR) is 122 cm³/mol. The first-order valence-corrected chi connectivity index (χ1v) is 12.0. The molecule has 1 aromatic carbocycles. The molecular weight excluding hydrogens is 402 g/mol. The molecule has 7 heteroatoms. The van der Waals surface area contributed by atoms with Crippen molar-refractivity contribution >= 4 is 11.8 Å². The molecule has 1 saturated heterocycles. The Morgan fingerprint density at radius 1 is 1.00 bits per heavy atom. The number of carbonyl (C=O) groups is 2. The van der Waals surface area contributed by atoms with Gasteiger partial charge in [0, 0.05) is 37.7 Å². The first-order valence-electron chi connectivity index (χ1n) is 12.0. The van der Waals surface area contributed by atoms with Crippen LogP contribution in [-0.4, -0.2) is 50.6 Å². The number of hydrogen-bond acceptors (Lipinski definition) is 4. The van der Waals surface area contributed by atoms with E-state index in [9.17, 15) is 9.59 Å². The molecule has 2 aliphatic heterocycles. The topological polar surface area (TPSA) is 80.1 Å². The number of fused-ring (bicyclic) bond motifs is 1. The molecule has 2 amide bonds. The van der Waals surface area contributed by atoms with Crippen molar-refractivity contribution in [2.45, 2.75) is 77.8 Å². The number of nitrogens with one attached hydrogen (secondary N) is 1. The molecule has 0 radical (unpaired) electrons. The summed E-state index contributed by atoms with van der Waals surface area (Å²) in [5.74, 6) is 1.39. The fraction of sp³-hybridized carbons (Fsp3) is 0.600. The Kier molecular flexibility index (Phi) is 5.51. The molecule has 170 valence electrons. The second-order valence-corrected chi connectivity index (χ2v) is 10.1. The summed E-state index contributed by atoms with van der Waals surface area (Å²) in [6.45, 7) is 6.39. The summed E-state index contributed by atoms with van der Waals surface area (Å²) in [6, 6.07) is 6.35. The van der Waals surface area contributed by atoms with Gasteiger partial charge in [-0.3, -0.25) is 9.59 Å². The van der Waals surface area contributed by atoms with Crippen LogP contribution in [0.4, 0.5) is 0 Å². The van der Waals surface area contributed by atoms with E-state index in [-0.39, 0.29) is 23.3 Å². The number of benzene rings is 1. The third-order valence-corrected chi connectivity index (χ3v) is 7.66. The molecule has 0 unspecified atom stereocenters. The second-order valence-electron chi connectivity index (χ2n) is 10.1. The largest absolute Gasteiger partial charge is 0.347 e. The Bertz CT molecular complexity index is 1020. The van der Waals surface area contributed by atoms with E-state index in [2.05, 4.69) is 21.6 Å². The van der Waals surface area contributed by atoms with Crippen LogP contribution in [0, 0.1) is 19.3 Å². The van der Waals surface area contributed by atoms with Crippen LogP contribution >= 0.6 is 0 Å². The zero-order valence-electron chi connectivity index (χ0n) is 19.2. The Morgan fingerprint density at radius 3 is 2.47 bits per heavy atom. The standard InChI is InChI=1S/C25H33N5O2/c1-17-13-18(2)15-19(14-17)24(32)29-11-9-25(16-29)8-7-21-27-28-22(30(21)12-10-25)23(31)26-20-5-3-4-6-20/h13-15,20H,3-12,16H2,1-2H3,(H,26,31)/t25-/m1/s1. The minimum Gasteiger partial charge on any atom is -0.347 e. The van der Waals surface area contributed by atoms with Gasteiger partial charge in [0.15, 0.2) is 0 Å². The Hall–Kier alpha value is -2.70. The van der Waals surface area contributed by atoms with Crippen LogP contribution < -0.4 is 5.32 Å². The number of amides is 2. The number of carbonyl (C=O) groups excluding carboxylic acids is 2. The maximum absolute atomic E-state index is 13.2. The number of nitrogens with zero attached hydrogens (tertiary/aromatic N) is 4. The molecule has 7 nitrogen and oxygen atoms in total. The van der Waals surface area contributed by atoms with Gasteiger partial charge in [-0.05, 0) is 63.5 Å². The highest BCUT2D eigenvalue weighted by Crippen LogP contribution is 2.41. The lowest BCUT2D eigenvalue weighted by atomic mass is 9.80. The van der Waals surface area contributed by atoms with E-state index in [1.54, 1.807) is 0 Å². The summed E-state index contributed by atoms with van der Waals surface area (Å²) >= 11 is 0. The van der Waals surface area contributed by atoms with E-state index in [4.69, 9.17) is 0 Å². The average molecular weight is 436 g/mol. The van der Waals surface area contributed by atoms with Gasteiger partial charge >= 0.3 is 0 Å². The van der Waals surface area contributed by atoms with Gasteiger partial charge in [0.05, 0.1) is 0 Å². The van der Waals surface area contributed by atoms with Crippen LogP contribution in [0.25, 0.3) is 0 Å². The molecule has 1 aromatic heterocycles. The molecule has 1 saturated carbocycles. The molecule has 3 heterocycles. The molecule has 0 bridgehead atoms. The van der Waals surface area contributed by atoms with Crippen molar-refractivity contribution in [1.82, 2.24) is 25.0 Å². The first kappa shape index (κ1) is 21.2. The maximum atomic E-state index is 13.2. The molecule has 1 atom stereocenters. The fourth-order valence-electron chi connectivity index (χ4n) is 5.89. The SMILES string of the molecule is Cc1cc(C)cc(C(=O)N2CC[C@@]3(CCc4nnc(C(=O)NC5CCCC5)n4CC3)C2)c1. The van der Waals surface area contributed by atoms with Crippen molar-refractivity contribution < 1.29 is 9.59 Å². The third kappa shape index (κ3) is 4.05. The molecule has 1 spiro atoms. The summed E-state index contributed by atoms with van der Waals surface area (Å²) in [6.07, 6.45) is 8.21. The Labute approximate surface area is 189 Å². The number of aromatic nitrogens is 3. The molecule has 32 heavy (non-hydrogen) atoms. The van der Waals surface area contributed by atoms with Crippen molar-refractivity contribution in [3.05, 3.63) is 46.5 Å². The highest BCUT2D eigenvalue weighted by molar-refractivity contribution is 5.95.